The monoisotopic (exact) mass is 361 g/mol. The highest BCUT2D eigenvalue weighted by molar-refractivity contribution is 14.1. The third-order valence-corrected chi connectivity index (χ3v) is 2.96. The van der Waals surface area contributed by atoms with Gasteiger partial charge in [-0.15, -0.1) is 0 Å². The first-order valence-corrected chi connectivity index (χ1v) is 6.76. The van der Waals surface area contributed by atoms with E-state index in [1.165, 1.54) is 0 Å². The van der Waals surface area contributed by atoms with Crippen molar-refractivity contribution >= 4 is 34.3 Å². The van der Waals surface area contributed by atoms with Crippen molar-refractivity contribution < 1.29 is 23.1 Å². The van der Waals surface area contributed by atoms with Gasteiger partial charge in [0.05, 0.1) is 13.2 Å². The molecule has 17 heavy (non-hydrogen) atoms. The standard InChI is InChI=1S/C10H14F2INO3/c1-7(15)9(16)14-4-2-8(17-5-3-13)10(11,12)6-14/h8H,2-6H2,1H3/t8-/m0/s1. The molecule has 1 saturated heterocycles. The Morgan fingerprint density at radius 1 is 1.53 bits per heavy atom. The molecule has 0 radical (unpaired) electrons. The Bertz CT molecular complexity index is 312. The molecule has 0 saturated carbocycles. The molecule has 0 N–H and O–H groups in total. The van der Waals surface area contributed by atoms with Crippen LogP contribution in [0.25, 0.3) is 0 Å². The van der Waals surface area contributed by atoms with E-state index < -0.39 is 30.3 Å². The SMILES string of the molecule is CC(=O)C(=O)N1CC[C@H](OCCI)C(F)(F)C1. The number of halogens is 3. The van der Waals surface area contributed by atoms with Gasteiger partial charge in [-0.1, -0.05) is 22.6 Å². The molecule has 4 nitrogen and oxygen atoms in total. The summed E-state index contributed by atoms with van der Waals surface area (Å²) in [5.41, 5.74) is 0. The van der Waals surface area contributed by atoms with Gasteiger partial charge in [0, 0.05) is 17.9 Å². The van der Waals surface area contributed by atoms with Gasteiger partial charge in [0.15, 0.2) is 0 Å². The summed E-state index contributed by atoms with van der Waals surface area (Å²) in [6.45, 7) is 0.748. The van der Waals surface area contributed by atoms with Crippen LogP contribution in [0.5, 0.6) is 0 Å². The van der Waals surface area contributed by atoms with E-state index in [4.69, 9.17) is 4.74 Å². The normalized spacial score (nSPS) is 23.5. The topological polar surface area (TPSA) is 46.6 Å². The number of ketones is 1. The van der Waals surface area contributed by atoms with Crippen molar-refractivity contribution in [1.82, 2.24) is 4.90 Å². The predicted molar refractivity (Wildman–Crippen MR) is 65.5 cm³/mol. The molecule has 7 heteroatoms. The molecule has 0 unspecified atom stereocenters. The van der Waals surface area contributed by atoms with Crippen LogP contribution >= 0.6 is 22.6 Å². The minimum Gasteiger partial charge on any atom is -0.371 e. The fraction of sp³-hybridized carbons (Fsp3) is 0.800. The molecule has 0 aromatic carbocycles. The summed E-state index contributed by atoms with van der Waals surface area (Å²) < 4.78 is 33.0. The second kappa shape index (κ2) is 6.03. The number of alkyl halides is 3. The van der Waals surface area contributed by atoms with Crippen molar-refractivity contribution in [2.24, 2.45) is 0 Å². The van der Waals surface area contributed by atoms with Gasteiger partial charge >= 0.3 is 0 Å². The number of carbonyl (C=O) groups is 2. The van der Waals surface area contributed by atoms with Crippen molar-refractivity contribution in [3.05, 3.63) is 0 Å². The number of amides is 1. The van der Waals surface area contributed by atoms with E-state index in [1.807, 2.05) is 22.6 Å². The highest BCUT2D eigenvalue weighted by Crippen LogP contribution is 2.29. The number of Topliss-reactive ketones (excluding diaryl/α,β-unsaturated/α-hetero) is 1. The Hall–Kier alpha value is -0.310. The van der Waals surface area contributed by atoms with E-state index in [9.17, 15) is 18.4 Å². The minimum atomic E-state index is -3.09. The Morgan fingerprint density at radius 2 is 2.18 bits per heavy atom. The number of nitrogens with zero attached hydrogens (tertiary/aromatic N) is 1. The van der Waals surface area contributed by atoms with Gasteiger partial charge in [-0.25, -0.2) is 8.78 Å². The van der Waals surface area contributed by atoms with Gasteiger partial charge < -0.3 is 9.64 Å². The maximum Gasteiger partial charge on any atom is 0.290 e. The summed E-state index contributed by atoms with van der Waals surface area (Å²) in [5, 5.41) is 0. The van der Waals surface area contributed by atoms with Crippen LogP contribution in [-0.2, 0) is 14.3 Å². The van der Waals surface area contributed by atoms with Gasteiger partial charge in [0.25, 0.3) is 11.8 Å². The molecule has 1 rings (SSSR count). The van der Waals surface area contributed by atoms with Crippen LogP contribution in [0.15, 0.2) is 0 Å². The zero-order valence-electron chi connectivity index (χ0n) is 9.42. The number of hydrogen-bond acceptors (Lipinski definition) is 3. The van der Waals surface area contributed by atoms with E-state index in [0.717, 1.165) is 11.8 Å². The molecule has 98 valence electrons. The van der Waals surface area contributed by atoms with Crippen LogP contribution in [0.3, 0.4) is 0 Å². The van der Waals surface area contributed by atoms with Crippen LogP contribution in [0.4, 0.5) is 8.78 Å². The number of carbonyl (C=O) groups excluding carboxylic acids is 2. The smallest absolute Gasteiger partial charge is 0.290 e. The average Bonchev–Trinajstić information content (AvgIpc) is 2.25. The van der Waals surface area contributed by atoms with Crippen LogP contribution in [-0.4, -0.2) is 52.7 Å². The predicted octanol–water partition coefficient (Wildman–Crippen LogP) is 1.26. The lowest BCUT2D eigenvalue weighted by Gasteiger charge is -2.37. The Morgan fingerprint density at radius 3 is 2.65 bits per heavy atom. The van der Waals surface area contributed by atoms with Crippen molar-refractivity contribution in [1.29, 1.82) is 0 Å². The lowest BCUT2D eigenvalue weighted by atomic mass is 10.0. The number of ether oxygens (including phenoxy) is 1. The molecule has 1 aliphatic heterocycles. The summed E-state index contributed by atoms with van der Waals surface area (Å²) in [5.74, 6) is -4.65. The second-order valence-corrected chi connectivity index (χ2v) is 4.96. The van der Waals surface area contributed by atoms with Gasteiger partial charge in [0.2, 0.25) is 5.78 Å². The molecule has 1 amide bonds. The van der Waals surface area contributed by atoms with Crippen molar-refractivity contribution in [2.75, 3.05) is 24.1 Å². The molecular formula is C10H14F2INO3. The van der Waals surface area contributed by atoms with Gasteiger partial charge in [0.1, 0.15) is 6.10 Å². The molecule has 1 fully saturated rings. The summed E-state index contributed by atoms with van der Waals surface area (Å²) in [6.07, 6.45) is -1.10. The Kier molecular flexibility index (Phi) is 5.23. The lowest BCUT2D eigenvalue weighted by molar-refractivity contribution is -0.179. The molecular weight excluding hydrogens is 347 g/mol. The van der Waals surface area contributed by atoms with Crippen LogP contribution in [0.2, 0.25) is 0 Å². The van der Waals surface area contributed by atoms with E-state index in [2.05, 4.69) is 0 Å². The van der Waals surface area contributed by atoms with E-state index in [-0.39, 0.29) is 19.6 Å². The number of rotatable bonds is 4. The molecule has 0 aromatic heterocycles. The maximum absolute atomic E-state index is 13.6. The molecule has 0 aliphatic carbocycles. The number of piperidine rings is 1. The first-order chi connectivity index (χ1) is 7.88. The summed E-state index contributed by atoms with van der Waals surface area (Å²) in [6, 6.07) is 0. The maximum atomic E-state index is 13.6. The highest BCUT2D eigenvalue weighted by Gasteiger charge is 2.47. The summed E-state index contributed by atoms with van der Waals surface area (Å²) in [4.78, 5) is 23.0. The third-order valence-electron chi connectivity index (χ3n) is 2.52. The van der Waals surface area contributed by atoms with Crippen LogP contribution in [0, 0.1) is 0 Å². The zero-order chi connectivity index (χ0) is 13.1. The number of hydrogen-bond donors (Lipinski definition) is 0. The minimum absolute atomic E-state index is 0.0582. The average molecular weight is 361 g/mol. The van der Waals surface area contributed by atoms with Crippen LogP contribution in [0.1, 0.15) is 13.3 Å². The third kappa shape index (κ3) is 3.84. The van der Waals surface area contributed by atoms with Crippen molar-refractivity contribution in [3.8, 4) is 0 Å². The van der Waals surface area contributed by atoms with Gasteiger partial charge in [-0.2, -0.15) is 0 Å². The largest absolute Gasteiger partial charge is 0.371 e. The van der Waals surface area contributed by atoms with E-state index in [0.29, 0.717) is 4.43 Å². The second-order valence-electron chi connectivity index (χ2n) is 3.88. The molecule has 1 atom stereocenters. The van der Waals surface area contributed by atoms with E-state index in [1.54, 1.807) is 0 Å². The van der Waals surface area contributed by atoms with E-state index >= 15 is 0 Å². The van der Waals surface area contributed by atoms with Gasteiger partial charge in [-0.3, -0.25) is 9.59 Å². The number of likely N-dealkylation sites (tertiary alicyclic amines) is 1. The molecule has 0 bridgehead atoms. The fourth-order valence-electron chi connectivity index (χ4n) is 1.71. The quantitative estimate of drug-likeness (QED) is 0.431. The first kappa shape index (κ1) is 14.7. The summed E-state index contributed by atoms with van der Waals surface area (Å²) in [7, 11) is 0. The molecule has 1 heterocycles. The van der Waals surface area contributed by atoms with Crippen molar-refractivity contribution in [3.63, 3.8) is 0 Å². The fourth-order valence-corrected chi connectivity index (χ4v) is 1.96. The van der Waals surface area contributed by atoms with Crippen molar-refractivity contribution in [2.45, 2.75) is 25.4 Å². The zero-order valence-corrected chi connectivity index (χ0v) is 11.6. The van der Waals surface area contributed by atoms with Gasteiger partial charge in [-0.05, 0) is 6.42 Å². The Labute approximate surface area is 112 Å². The molecule has 0 spiro atoms. The Balaban J connectivity index is 2.61. The molecule has 1 aliphatic rings. The lowest BCUT2D eigenvalue weighted by Crippen LogP contribution is -2.55. The highest BCUT2D eigenvalue weighted by atomic mass is 127. The molecule has 0 aromatic rings. The first-order valence-electron chi connectivity index (χ1n) is 5.23. The summed E-state index contributed by atoms with van der Waals surface area (Å²) >= 11 is 2.04. The van der Waals surface area contributed by atoms with Crippen LogP contribution < -0.4 is 0 Å².